The van der Waals surface area contributed by atoms with Crippen LogP contribution >= 0.6 is 0 Å². The Balaban J connectivity index is 4.25. The summed E-state index contributed by atoms with van der Waals surface area (Å²) in [4.78, 5) is 38.0. The van der Waals surface area contributed by atoms with E-state index in [1.54, 1.807) is 0 Å². The summed E-state index contributed by atoms with van der Waals surface area (Å²) < 4.78 is 16.8. The molecule has 1 atom stereocenters. The summed E-state index contributed by atoms with van der Waals surface area (Å²) in [6.45, 7) is 6.69. The van der Waals surface area contributed by atoms with Gasteiger partial charge in [0.2, 0.25) is 0 Å². The molecule has 6 nitrogen and oxygen atoms in total. The maximum absolute atomic E-state index is 12.8. The molecular weight excluding hydrogens is 757 g/mol. The first kappa shape index (κ1) is 59.4. The molecule has 362 valence electrons. The molecule has 0 saturated heterocycles. The zero-order chi connectivity index (χ0) is 44.4. The summed E-state index contributed by atoms with van der Waals surface area (Å²) >= 11 is 0. The average molecular weight is 863 g/mol. The summed E-state index contributed by atoms with van der Waals surface area (Å²) in [6, 6.07) is 0. The van der Waals surface area contributed by atoms with Crippen molar-refractivity contribution in [2.75, 3.05) is 13.2 Å². The molecule has 0 saturated carbocycles. The first-order valence-electron chi connectivity index (χ1n) is 27.5. The molecule has 0 bridgehead atoms. The van der Waals surface area contributed by atoms with Gasteiger partial charge in [-0.05, 0) is 19.3 Å². The van der Waals surface area contributed by atoms with E-state index in [0.29, 0.717) is 19.3 Å². The lowest BCUT2D eigenvalue weighted by Gasteiger charge is -2.18. The first-order valence-corrected chi connectivity index (χ1v) is 27.5. The van der Waals surface area contributed by atoms with Crippen LogP contribution in [-0.2, 0) is 28.6 Å². The Hall–Kier alpha value is -1.59. The van der Waals surface area contributed by atoms with Gasteiger partial charge in [0.1, 0.15) is 13.2 Å². The van der Waals surface area contributed by atoms with E-state index in [2.05, 4.69) is 20.8 Å². The molecular formula is C55H106O6. The molecule has 0 aliphatic heterocycles. The van der Waals surface area contributed by atoms with Crippen molar-refractivity contribution in [2.24, 2.45) is 0 Å². The van der Waals surface area contributed by atoms with Gasteiger partial charge < -0.3 is 14.2 Å². The molecule has 0 fully saturated rings. The highest BCUT2D eigenvalue weighted by atomic mass is 16.6. The molecule has 0 spiro atoms. The molecule has 0 aromatic rings. The SMILES string of the molecule is CCCCCCCCCCCCCCCCCCCC(=O)O[C@H](COC(=O)CCCCCCCCCCCC)COC(=O)CCCCCCCCCCCCCCCCCC. The second-order valence-electron chi connectivity index (χ2n) is 18.9. The summed E-state index contributed by atoms with van der Waals surface area (Å²) in [5.74, 6) is -0.838. The fourth-order valence-electron chi connectivity index (χ4n) is 8.45. The quantitative estimate of drug-likeness (QED) is 0.0344. The van der Waals surface area contributed by atoms with Gasteiger partial charge >= 0.3 is 17.9 Å². The minimum atomic E-state index is -0.760. The normalized spacial score (nSPS) is 11.9. The number of hydrogen-bond donors (Lipinski definition) is 0. The highest BCUT2D eigenvalue weighted by Crippen LogP contribution is 2.17. The van der Waals surface area contributed by atoms with Crippen LogP contribution in [0.3, 0.4) is 0 Å². The molecule has 0 aromatic carbocycles. The third-order valence-electron chi connectivity index (χ3n) is 12.6. The molecule has 0 amide bonds. The van der Waals surface area contributed by atoms with Crippen LogP contribution in [0.15, 0.2) is 0 Å². The maximum Gasteiger partial charge on any atom is 0.306 e. The molecule has 0 radical (unpaired) electrons. The van der Waals surface area contributed by atoms with Crippen molar-refractivity contribution >= 4 is 17.9 Å². The van der Waals surface area contributed by atoms with E-state index in [1.807, 2.05) is 0 Å². The Morgan fingerprint density at radius 1 is 0.262 bits per heavy atom. The van der Waals surface area contributed by atoms with Gasteiger partial charge in [-0.25, -0.2) is 0 Å². The van der Waals surface area contributed by atoms with Gasteiger partial charge in [0.25, 0.3) is 0 Å². The number of carbonyl (C=O) groups is 3. The van der Waals surface area contributed by atoms with Gasteiger partial charge in [0, 0.05) is 19.3 Å². The predicted molar refractivity (Wildman–Crippen MR) is 261 cm³/mol. The zero-order valence-electron chi connectivity index (χ0n) is 41.5. The molecule has 0 aliphatic rings. The largest absolute Gasteiger partial charge is 0.462 e. The first-order chi connectivity index (χ1) is 30.0. The van der Waals surface area contributed by atoms with E-state index in [9.17, 15) is 14.4 Å². The monoisotopic (exact) mass is 863 g/mol. The average Bonchev–Trinajstić information content (AvgIpc) is 3.26. The molecule has 0 aromatic heterocycles. The smallest absolute Gasteiger partial charge is 0.306 e. The molecule has 0 rings (SSSR count). The van der Waals surface area contributed by atoms with Crippen molar-refractivity contribution in [1.82, 2.24) is 0 Å². The number of ether oxygens (including phenoxy) is 3. The third kappa shape index (κ3) is 49.3. The highest BCUT2D eigenvalue weighted by Gasteiger charge is 2.19. The van der Waals surface area contributed by atoms with Gasteiger partial charge in [0.05, 0.1) is 0 Å². The van der Waals surface area contributed by atoms with Crippen LogP contribution in [0.2, 0.25) is 0 Å². The van der Waals surface area contributed by atoms with E-state index in [4.69, 9.17) is 14.2 Å². The Labute approximate surface area is 380 Å². The Morgan fingerprint density at radius 2 is 0.443 bits per heavy atom. The van der Waals surface area contributed by atoms with E-state index < -0.39 is 6.10 Å². The second-order valence-corrected chi connectivity index (χ2v) is 18.9. The van der Waals surface area contributed by atoms with E-state index in [0.717, 1.165) is 57.8 Å². The summed E-state index contributed by atoms with van der Waals surface area (Å²) in [7, 11) is 0. The number of carbonyl (C=O) groups excluding carboxylic acids is 3. The molecule has 0 N–H and O–H groups in total. The second kappa shape index (κ2) is 51.0. The molecule has 0 heterocycles. The number of esters is 3. The Morgan fingerprint density at radius 3 is 0.656 bits per heavy atom. The number of rotatable bonds is 51. The minimum absolute atomic E-state index is 0.0615. The maximum atomic E-state index is 12.8. The van der Waals surface area contributed by atoms with Crippen LogP contribution in [-0.4, -0.2) is 37.2 Å². The fourth-order valence-corrected chi connectivity index (χ4v) is 8.45. The predicted octanol–water partition coefficient (Wildman–Crippen LogP) is 18.0. The minimum Gasteiger partial charge on any atom is -0.462 e. The van der Waals surface area contributed by atoms with E-state index in [-0.39, 0.29) is 31.1 Å². The van der Waals surface area contributed by atoms with Crippen molar-refractivity contribution in [3.63, 3.8) is 0 Å². The van der Waals surface area contributed by atoms with E-state index in [1.165, 1.54) is 218 Å². The zero-order valence-corrected chi connectivity index (χ0v) is 41.5. The van der Waals surface area contributed by atoms with Gasteiger partial charge in [-0.2, -0.15) is 0 Å². The van der Waals surface area contributed by atoms with Crippen molar-refractivity contribution < 1.29 is 28.6 Å². The van der Waals surface area contributed by atoms with Crippen molar-refractivity contribution in [2.45, 2.75) is 322 Å². The summed E-state index contributed by atoms with van der Waals surface area (Å²) in [5.41, 5.74) is 0. The summed E-state index contributed by atoms with van der Waals surface area (Å²) in [6.07, 6.45) is 55.2. The van der Waals surface area contributed by atoms with Crippen molar-refractivity contribution in [3.8, 4) is 0 Å². The lowest BCUT2D eigenvalue weighted by Crippen LogP contribution is -2.30. The lowest BCUT2D eigenvalue weighted by atomic mass is 10.0. The van der Waals surface area contributed by atoms with Crippen LogP contribution in [0.4, 0.5) is 0 Å². The van der Waals surface area contributed by atoms with Gasteiger partial charge in [-0.3, -0.25) is 14.4 Å². The van der Waals surface area contributed by atoms with Gasteiger partial charge in [-0.1, -0.05) is 278 Å². The van der Waals surface area contributed by atoms with Crippen LogP contribution in [0.25, 0.3) is 0 Å². The van der Waals surface area contributed by atoms with Crippen LogP contribution < -0.4 is 0 Å². The topological polar surface area (TPSA) is 78.9 Å². The van der Waals surface area contributed by atoms with E-state index >= 15 is 0 Å². The standard InChI is InChI=1S/C55H106O6/c1-4-7-10-13-16-19-22-24-26-28-30-32-34-37-40-43-46-49-55(58)61-52(50-59-53(56)47-44-41-38-35-21-18-15-12-9-6-3)51-60-54(57)48-45-42-39-36-33-31-29-27-25-23-20-17-14-11-8-5-2/h52H,4-51H2,1-3H3/t52-/m1/s1. The molecule has 0 aliphatic carbocycles. The summed E-state index contributed by atoms with van der Waals surface area (Å²) in [5, 5.41) is 0. The van der Waals surface area contributed by atoms with Crippen LogP contribution in [0.1, 0.15) is 316 Å². The van der Waals surface area contributed by atoms with Gasteiger partial charge in [-0.15, -0.1) is 0 Å². The third-order valence-corrected chi connectivity index (χ3v) is 12.6. The Bertz CT molecular complexity index is 905. The highest BCUT2D eigenvalue weighted by molar-refractivity contribution is 5.71. The number of unbranched alkanes of at least 4 members (excludes halogenated alkanes) is 40. The number of hydrogen-bond acceptors (Lipinski definition) is 6. The van der Waals surface area contributed by atoms with Crippen LogP contribution in [0.5, 0.6) is 0 Å². The Kier molecular flexibility index (Phi) is 49.7. The molecule has 6 heteroatoms. The van der Waals surface area contributed by atoms with Crippen molar-refractivity contribution in [1.29, 1.82) is 0 Å². The van der Waals surface area contributed by atoms with Crippen molar-refractivity contribution in [3.05, 3.63) is 0 Å². The van der Waals surface area contributed by atoms with Gasteiger partial charge in [0.15, 0.2) is 6.10 Å². The fraction of sp³-hybridized carbons (Fsp3) is 0.945. The molecule has 61 heavy (non-hydrogen) atoms. The molecule has 0 unspecified atom stereocenters. The van der Waals surface area contributed by atoms with Crippen LogP contribution in [0, 0.1) is 0 Å². The lowest BCUT2D eigenvalue weighted by molar-refractivity contribution is -0.167.